The van der Waals surface area contributed by atoms with Crippen LogP contribution >= 0.6 is 23.4 Å². The van der Waals surface area contributed by atoms with Gasteiger partial charge in [0.15, 0.2) is 5.16 Å². The van der Waals surface area contributed by atoms with E-state index in [9.17, 15) is 8.78 Å². The summed E-state index contributed by atoms with van der Waals surface area (Å²) < 4.78 is 30.4. The Balaban J connectivity index is 1.53. The van der Waals surface area contributed by atoms with E-state index in [0.29, 0.717) is 21.2 Å². The number of halogens is 3. The van der Waals surface area contributed by atoms with E-state index in [1.165, 1.54) is 11.8 Å². The van der Waals surface area contributed by atoms with Gasteiger partial charge >= 0.3 is 6.55 Å². The predicted octanol–water partition coefficient (Wildman–Crippen LogP) is 5.56. The molecule has 1 fully saturated rings. The second-order valence-corrected chi connectivity index (χ2v) is 8.57. The summed E-state index contributed by atoms with van der Waals surface area (Å²) in [5, 5.41) is 9.94. The largest absolute Gasteiger partial charge is 0.341 e. The van der Waals surface area contributed by atoms with Crippen LogP contribution in [0.5, 0.6) is 0 Å². The lowest BCUT2D eigenvalue weighted by Gasteiger charge is -2.19. The van der Waals surface area contributed by atoms with Crippen molar-refractivity contribution in [2.45, 2.75) is 30.3 Å². The van der Waals surface area contributed by atoms with Crippen LogP contribution in [0.1, 0.15) is 25.2 Å². The minimum absolute atomic E-state index is 0.224. The predicted molar refractivity (Wildman–Crippen MR) is 118 cm³/mol. The van der Waals surface area contributed by atoms with Crippen molar-refractivity contribution in [2.24, 2.45) is 0 Å². The van der Waals surface area contributed by atoms with Crippen LogP contribution in [0.2, 0.25) is 5.02 Å². The molecule has 1 aliphatic heterocycles. The number of para-hydroxylation sites is 3. The number of fused-ring (bicyclic) bond motifs is 1. The fraction of sp³-hybridized carbons (Fsp3) is 0.286. The van der Waals surface area contributed by atoms with Gasteiger partial charge in [-0.2, -0.15) is 8.78 Å². The van der Waals surface area contributed by atoms with Gasteiger partial charge in [0.1, 0.15) is 5.82 Å². The molecule has 2 aromatic carbocycles. The number of alkyl halides is 2. The zero-order valence-corrected chi connectivity index (χ0v) is 18.0. The Kier molecular flexibility index (Phi) is 5.54. The van der Waals surface area contributed by atoms with Crippen LogP contribution in [0.3, 0.4) is 0 Å². The van der Waals surface area contributed by atoms with E-state index in [1.54, 1.807) is 24.3 Å². The third kappa shape index (κ3) is 3.76. The molecule has 0 spiro atoms. The molecule has 0 unspecified atom stereocenters. The molecule has 0 saturated carbocycles. The van der Waals surface area contributed by atoms with Crippen LogP contribution in [0.4, 0.5) is 14.7 Å². The number of imidazole rings is 1. The highest BCUT2D eigenvalue weighted by atomic mass is 35.5. The molecule has 2 aromatic heterocycles. The Morgan fingerprint density at radius 1 is 1.00 bits per heavy atom. The SMILES string of the molecule is FC(F)n1c(CSc2nnc(N3CCCC3)n2-c2ccccc2Cl)nc2ccccc21. The molecule has 1 saturated heterocycles. The maximum atomic E-state index is 13.8. The van der Waals surface area contributed by atoms with Crippen LogP contribution in [-0.2, 0) is 5.75 Å². The third-order valence-electron chi connectivity index (χ3n) is 5.29. The van der Waals surface area contributed by atoms with Gasteiger partial charge in [-0.25, -0.2) is 4.98 Å². The topological polar surface area (TPSA) is 51.8 Å². The van der Waals surface area contributed by atoms with Crippen molar-refractivity contribution < 1.29 is 8.78 Å². The van der Waals surface area contributed by atoms with Crippen molar-refractivity contribution in [3.8, 4) is 5.69 Å². The van der Waals surface area contributed by atoms with Crippen molar-refractivity contribution >= 4 is 40.3 Å². The lowest BCUT2D eigenvalue weighted by molar-refractivity contribution is 0.0722. The van der Waals surface area contributed by atoms with E-state index < -0.39 is 6.55 Å². The number of thioether (sulfide) groups is 1. The molecule has 0 N–H and O–H groups in total. The number of benzene rings is 2. The van der Waals surface area contributed by atoms with E-state index in [4.69, 9.17) is 11.6 Å². The standard InChI is InChI=1S/C21H19ClF2N6S/c22-14-7-1-3-9-16(14)30-20(28-11-5-6-12-28)26-27-21(30)31-13-18-25-15-8-2-4-10-17(15)29(18)19(23)24/h1-4,7-10,19H,5-6,11-13H2. The van der Waals surface area contributed by atoms with Gasteiger partial charge in [0, 0.05) is 13.1 Å². The Morgan fingerprint density at radius 2 is 1.74 bits per heavy atom. The first-order valence-electron chi connectivity index (χ1n) is 9.95. The molecule has 6 nitrogen and oxygen atoms in total. The highest BCUT2D eigenvalue weighted by molar-refractivity contribution is 7.98. The molecule has 1 aliphatic rings. The normalized spacial score (nSPS) is 14.3. The number of rotatable bonds is 6. The fourth-order valence-electron chi connectivity index (χ4n) is 3.86. The zero-order chi connectivity index (χ0) is 21.4. The summed E-state index contributed by atoms with van der Waals surface area (Å²) in [7, 11) is 0. The maximum Gasteiger partial charge on any atom is 0.320 e. The summed E-state index contributed by atoms with van der Waals surface area (Å²) in [5.74, 6) is 1.23. The Labute approximate surface area is 186 Å². The van der Waals surface area contributed by atoms with Gasteiger partial charge < -0.3 is 4.90 Å². The average Bonchev–Trinajstić information content (AvgIpc) is 3.50. The summed E-state index contributed by atoms with van der Waals surface area (Å²) >= 11 is 7.80. The highest BCUT2D eigenvalue weighted by Crippen LogP contribution is 2.34. The van der Waals surface area contributed by atoms with E-state index >= 15 is 0 Å². The molecule has 10 heteroatoms. The Bertz CT molecular complexity index is 1220. The van der Waals surface area contributed by atoms with Crippen LogP contribution in [0.15, 0.2) is 53.7 Å². The highest BCUT2D eigenvalue weighted by Gasteiger charge is 2.24. The first-order chi connectivity index (χ1) is 15.1. The lowest BCUT2D eigenvalue weighted by atomic mass is 10.3. The van der Waals surface area contributed by atoms with Gasteiger partial charge in [0.25, 0.3) is 0 Å². The molecule has 0 atom stereocenters. The molecule has 0 aliphatic carbocycles. The molecule has 0 amide bonds. The van der Waals surface area contributed by atoms with Crippen LogP contribution < -0.4 is 4.90 Å². The molecule has 3 heterocycles. The zero-order valence-electron chi connectivity index (χ0n) is 16.5. The van der Waals surface area contributed by atoms with Gasteiger partial charge in [-0.05, 0) is 37.1 Å². The van der Waals surface area contributed by atoms with E-state index in [0.717, 1.165) is 42.1 Å². The minimum Gasteiger partial charge on any atom is -0.341 e. The Morgan fingerprint density at radius 3 is 2.52 bits per heavy atom. The van der Waals surface area contributed by atoms with Crippen molar-refractivity contribution in [2.75, 3.05) is 18.0 Å². The van der Waals surface area contributed by atoms with E-state index in [2.05, 4.69) is 20.1 Å². The van der Waals surface area contributed by atoms with Crippen molar-refractivity contribution in [1.29, 1.82) is 0 Å². The second-order valence-electron chi connectivity index (χ2n) is 7.22. The molecule has 0 bridgehead atoms. The summed E-state index contributed by atoms with van der Waals surface area (Å²) in [6, 6.07) is 14.4. The van der Waals surface area contributed by atoms with Gasteiger partial charge in [0.2, 0.25) is 5.95 Å². The second kappa shape index (κ2) is 8.47. The lowest BCUT2D eigenvalue weighted by Crippen LogP contribution is -2.22. The third-order valence-corrected chi connectivity index (χ3v) is 6.54. The first kappa shape index (κ1) is 20.3. The molecular weight excluding hydrogens is 442 g/mol. The molecule has 160 valence electrons. The number of aromatic nitrogens is 5. The van der Waals surface area contributed by atoms with E-state index in [-0.39, 0.29) is 11.6 Å². The van der Waals surface area contributed by atoms with Crippen molar-refractivity contribution in [3.63, 3.8) is 0 Å². The summed E-state index contributed by atoms with van der Waals surface area (Å²) in [6.45, 7) is -0.882. The molecular formula is C21H19ClF2N6S. The smallest absolute Gasteiger partial charge is 0.320 e. The van der Waals surface area contributed by atoms with Gasteiger partial charge in [-0.3, -0.25) is 9.13 Å². The van der Waals surface area contributed by atoms with E-state index in [1.807, 2.05) is 28.8 Å². The summed E-state index contributed by atoms with van der Waals surface area (Å²) in [5.41, 5.74) is 1.73. The first-order valence-corrected chi connectivity index (χ1v) is 11.3. The van der Waals surface area contributed by atoms with Crippen molar-refractivity contribution in [1.82, 2.24) is 24.3 Å². The summed E-state index contributed by atoms with van der Waals surface area (Å²) in [4.78, 5) is 6.60. The molecule has 4 aromatic rings. The number of hydrogen-bond acceptors (Lipinski definition) is 5. The maximum absolute atomic E-state index is 13.8. The molecule has 31 heavy (non-hydrogen) atoms. The molecule has 0 radical (unpaired) electrons. The van der Waals surface area contributed by atoms with Crippen LogP contribution in [0.25, 0.3) is 16.7 Å². The minimum atomic E-state index is -2.68. The van der Waals surface area contributed by atoms with Gasteiger partial charge in [0.05, 0.1) is 27.5 Å². The van der Waals surface area contributed by atoms with Crippen molar-refractivity contribution in [3.05, 3.63) is 59.4 Å². The number of anilines is 1. The number of hydrogen-bond donors (Lipinski definition) is 0. The molecule has 5 rings (SSSR count). The number of nitrogens with zero attached hydrogens (tertiary/aromatic N) is 6. The monoisotopic (exact) mass is 460 g/mol. The van der Waals surface area contributed by atoms with Crippen LogP contribution in [0, 0.1) is 0 Å². The van der Waals surface area contributed by atoms with Gasteiger partial charge in [-0.15, -0.1) is 10.2 Å². The summed E-state index contributed by atoms with van der Waals surface area (Å²) in [6.07, 6.45) is 2.19. The quantitative estimate of drug-likeness (QED) is 0.353. The van der Waals surface area contributed by atoms with Gasteiger partial charge in [-0.1, -0.05) is 47.6 Å². The fourth-order valence-corrected chi connectivity index (χ4v) is 4.95. The van der Waals surface area contributed by atoms with Crippen LogP contribution in [-0.4, -0.2) is 37.4 Å². The Hall–Kier alpha value is -2.65. The average molecular weight is 461 g/mol.